The fourth-order valence-corrected chi connectivity index (χ4v) is 4.33. The van der Waals surface area contributed by atoms with E-state index in [2.05, 4.69) is 47.7 Å². The van der Waals surface area contributed by atoms with Crippen LogP contribution >= 0.6 is 0 Å². The number of ether oxygens (including phenoxy) is 1. The molecule has 4 rings (SSSR count). The first kappa shape index (κ1) is 27.0. The molecule has 1 aliphatic heterocycles. The molecule has 202 valence electrons. The molecule has 1 saturated heterocycles. The third kappa shape index (κ3) is 5.92. The smallest absolute Gasteiger partial charge is 0.241 e. The highest BCUT2D eigenvalue weighted by atomic mass is 19.1. The molecule has 0 aliphatic carbocycles. The van der Waals surface area contributed by atoms with Gasteiger partial charge >= 0.3 is 0 Å². The van der Waals surface area contributed by atoms with Crippen molar-refractivity contribution < 1.29 is 13.9 Å². The van der Waals surface area contributed by atoms with Crippen LogP contribution < -0.4 is 16.0 Å². The minimum absolute atomic E-state index is 0.0785. The summed E-state index contributed by atoms with van der Waals surface area (Å²) in [5.74, 6) is -0.700. The third-order valence-electron chi connectivity index (χ3n) is 6.51. The van der Waals surface area contributed by atoms with E-state index >= 15 is 0 Å². The monoisotopic (exact) mass is 523 g/mol. The van der Waals surface area contributed by atoms with E-state index in [9.17, 15) is 9.18 Å². The van der Waals surface area contributed by atoms with E-state index in [1.807, 2.05) is 25.1 Å². The molecule has 5 N–H and O–H groups in total. The Bertz CT molecular complexity index is 1330. The van der Waals surface area contributed by atoms with Crippen LogP contribution in [0.4, 0.5) is 16.0 Å². The lowest BCUT2D eigenvalue weighted by molar-refractivity contribution is -0.121. The number of para-hydroxylation sites is 1. The van der Waals surface area contributed by atoms with Crippen molar-refractivity contribution in [2.45, 2.75) is 19.9 Å². The van der Waals surface area contributed by atoms with Crippen LogP contribution in [0.15, 0.2) is 42.5 Å². The molecule has 38 heavy (non-hydrogen) atoms. The molecular formula is C26H34FN9O2. The Labute approximate surface area is 221 Å². The van der Waals surface area contributed by atoms with Crippen LogP contribution in [0.2, 0.25) is 0 Å². The maximum Gasteiger partial charge on any atom is 0.241 e. The van der Waals surface area contributed by atoms with Crippen molar-refractivity contribution in [2.75, 3.05) is 57.5 Å². The Hall–Kier alpha value is -4.03. The molecular weight excluding hydrogens is 489 g/mol. The second kappa shape index (κ2) is 12.0. The van der Waals surface area contributed by atoms with E-state index in [0.717, 1.165) is 32.4 Å². The number of hydrogen-bond acceptors (Lipinski definition) is 9. The first-order chi connectivity index (χ1) is 18.3. The largest absolute Gasteiger partial charge is 0.477 e. The molecule has 1 fully saturated rings. The average molecular weight is 524 g/mol. The normalized spacial score (nSPS) is 15.8. The molecule has 3 heterocycles. The van der Waals surface area contributed by atoms with Crippen molar-refractivity contribution in [3.8, 4) is 11.3 Å². The van der Waals surface area contributed by atoms with Gasteiger partial charge in [-0.15, -0.1) is 0 Å². The lowest BCUT2D eigenvalue weighted by atomic mass is 10.1. The van der Waals surface area contributed by atoms with Gasteiger partial charge in [-0.25, -0.2) is 14.4 Å². The summed E-state index contributed by atoms with van der Waals surface area (Å²) in [6, 6.07) is 5.18. The van der Waals surface area contributed by atoms with Gasteiger partial charge in [-0.1, -0.05) is 12.1 Å². The summed E-state index contributed by atoms with van der Waals surface area (Å²) in [6.07, 6.45) is 4.27. The zero-order chi connectivity index (χ0) is 27.2. The summed E-state index contributed by atoms with van der Waals surface area (Å²) in [4.78, 5) is 29.1. The number of amides is 1. The van der Waals surface area contributed by atoms with Crippen LogP contribution in [-0.2, 0) is 9.53 Å². The van der Waals surface area contributed by atoms with E-state index in [0.29, 0.717) is 34.5 Å². The van der Waals surface area contributed by atoms with Gasteiger partial charge in [-0.2, -0.15) is 0 Å². The first-order valence-corrected chi connectivity index (χ1v) is 12.5. The maximum atomic E-state index is 14.9. The van der Waals surface area contributed by atoms with Crippen LogP contribution in [-0.4, -0.2) is 89.5 Å². The summed E-state index contributed by atoms with van der Waals surface area (Å²) < 4.78 is 20.2. The number of likely N-dealkylation sites (N-methyl/N-ethyl adjacent to an activating group) is 1. The van der Waals surface area contributed by atoms with Crippen molar-refractivity contribution in [3.63, 3.8) is 0 Å². The number of aromatic nitrogens is 3. The van der Waals surface area contributed by atoms with Crippen LogP contribution in [0.3, 0.4) is 0 Å². The topological polar surface area (TPSA) is 134 Å². The van der Waals surface area contributed by atoms with Crippen LogP contribution in [0.1, 0.15) is 13.8 Å². The van der Waals surface area contributed by atoms with Gasteiger partial charge in [0, 0.05) is 56.6 Å². The minimum atomic E-state index is -0.603. The molecule has 0 bridgehead atoms. The molecule has 1 unspecified atom stereocenters. The number of carbonyl (C=O) groups is 1. The number of H-pyrrole nitrogens is 1. The highest BCUT2D eigenvalue weighted by Crippen LogP contribution is 2.33. The SMILES string of the molecule is CCOC(=N)/C(=C\NC)Nc1ncc(F)c(-c2c[nH]c3c(NC(=O)C(C)N4CCN(C)CC4)cccc23)n1. The number of rotatable bonds is 9. The predicted octanol–water partition coefficient (Wildman–Crippen LogP) is 2.82. The van der Waals surface area contributed by atoms with E-state index in [1.165, 1.54) is 6.20 Å². The molecule has 12 heteroatoms. The van der Waals surface area contributed by atoms with E-state index < -0.39 is 5.82 Å². The van der Waals surface area contributed by atoms with Crippen molar-refractivity contribution in [1.29, 1.82) is 5.41 Å². The summed E-state index contributed by atoms with van der Waals surface area (Å²) in [6.45, 7) is 7.52. The van der Waals surface area contributed by atoms with Crippen molar-refractivity contribution >= 4 is 34.3 Å². The lowest BCUT2D eigenvalue weighted by Crippen LogP contribution is -2.51. The van der Waals surface area contributed by atoms with Crippen molar-refractivity contribution in [1.82, 2.24) is 30.1 Å². The number of halogens is 1. The number of piperazine rings is 1. The van der Waals surface area contributed by atoms with E-state index in [4.69, 9.17) is 10.1 Å². The molecule has 1 aromatic carbocycles. The minimum Gasteiger partial charge on any atom is -0.477 e. The molecule has 0 saturated carbocycles. The Morgan fingerprint density at radius 1 is 1.29 bits per heavy atom. The standard InChI is InChI=1S/C26H34FN9O2/c1-5-38-24(28)21(15-29-3)33-26-31-14-19(27)22(34-26)18-13-30-23-17(18)7-6-8-20(23)32-25(37)16(2)36-11-9-35(4)10-12-36/h6-8,13-16,28-30H,5,9-12H2,1-4H3,(H,32,37)(H,31,33,34)/b21-15+,28-24?. The number of nitrogens with zero attached hydrogens (tertiary/aromatic N) is 4. The van der Waals surface area contributed by atoms with Gasteiger partial charge in [-0.05, 0) is 27.0 Å². The number of benzene rings is 1. The molecule has 0 spiro atoms. The number of anilines is 2. The van der Waals surface area contributed by atoms with Crippen molar-refractivity contribution in [2.24, 2.45) is 0 Å². The van der Waals surface area contributed by atoms with Crippen LogP contribution in [0.25, 0.3) is 22.2 Å². The first-order valence-electron chi connectivity index (χ1n) is 12.5. The highest BCUT2D eigenvalue weighted by molar-refractivity contribution is 6.06. The summed E-state index contributed by atoms with van der Waals surface area (Å²) in [5, 5.41) is 17.5. The second-order valence-corrected chi connectivity index (χ2v) is 9.06. The van der Waals surface area contributed by atoms with E-state index in [1.54, 1.807) is 20.2 Å². The number of aromatic amines is 1. The van der Waals surface area contributed by atoms with E-state index in [-0.39, 0.29) is 29.5 Å². The van der Waals surface area contributed by atoms with Gasteiger partial charge < -0.3 is 30.6 Å². The zero-order valence-electron chi connectivity index (χ0n) is 22.1. The molecule has 0 radical (unpaired) electrons. The Balaban J connectivity index is 1.59. The number of hydrogen-bond donors (Lipinski definition) is 5. The van der Waals surface area contributed by atoms with Gasteiger partial charge in [-0.3, -0.25) is 15.1 Å². The number of carbonyl (C=O) groups excluding carboxylic acids is 1. The Kier molecular flexibility index (Phi) is 8.54. The highest BCUT2D eigenvalue weighted by Gasteiger charge is 2.25. The molecule has 3 aromatic rings. The predicted molar refractivity (Wildman–Crippen MR) is 147 cm³/mol. The number of nitrogens with one attached hydrogen (secondary N) is 5. The Morgan fingerprint density at radius 2 is 2.05 bits per heavy atom. The lowest BCUT2D eigenvalue weighted by Gasteiger charge is -2.35. The molecule has 11 nitrogen and oxygen atoms in total. The third-order valence-corrected chi connectivity index (χ3v) is 6.51. The van der Waals surface area contributed by atoms with Crippen molar-refractivity contribution in [3.05, 3.63) is 48.3 Å². The molecule has 2 aromatic heterocycles. The van der Waals surface area contributed by atoms with Gasteiger partial charge in [0.25, 0.3) is 0 Å². The fourth-order valence-electron chi connectivity index (χ4n) is 4.33. The summed E-state index contributed by atoms with van der Waals surface area (Å²) in [5.41, 5.74) is 2.17. The number of fused-ring (bicyclic) bond motifs is 1. The zero-order valence-corrected chi connectivity index (χ0v) is 22.1. The summed E-state index contributed by atoms with van der Waals surface area (Å²) in [7, 11) is 3.77. The van der Waals surface area contributed by atoms with Gasteiger partial charge in [0.2, 0.25) is 17.8 Å². The van der Waals surface area contributed by atoms with Crippen LogP contribution in [0.5, 0.6) is 0 Å². The van der Waals surface area contributed by atoms with Gasteiger partial charge in [0.1, 0.15) is 11.4 Å². The molecule has 1 amide bonds. The quantitative estimate of drug-likeness (QED) is 0.214. The second-order valence-electron chi connectivity index (χ2n) is 9.06. The molecule has 1 aliphatic rings. The fraction of sp³-hybridized carbons (Fsp3) is 0.385. The van der Waals surface area contributed by atoms with Gasteiger partial charge in [0.05, 0.1) is 30.0 Å². The average Bonchev–Trinajstić information content (AvgIpc) is 3.34. The maximum absolute atomic E-state index is 14.9. The van der Waals surface area contributed by atoms with Crippen LogP contribution in [0, 0.1) is 11.2 Å². The van der Waals surface area contributed by atoms with Gasteiger partial charge in [0.15, 0.2) is 5.82 Å². The molecule has 1 atom stereocenters. The summed E-state index contributed by atoms with van der Waals surface area (Å²) >= 11 is 0. The Morgan fingerprint density at radius 3 is 2.76 bits per heavy atom.